The van der Waals surface area contributed by atoms with Crippen molar-refractivity contribution in [2.24, 2.45) is 0 Å². The normalized spacial score (nSPS) is 18.1. The fourth-order valence-corrected chi connectivity index (χ4v) is 5.68. The molecule has 1 amide bonds. The summed E-state index contributed by atoms with van der Waals surface area (Å²) in [6.45, 7) is 10.0. The van der Waals surface area contributed by atoms with Crippen molar-refractivity contribution < 1.29 is 17.9 Å². The number of fused-ring (bicyclic) bond motifs is 1. The first-order valence-corrected chi connectivity index (χ1v) is 12.9. The Morgan fingerprint density at radius 3 is 2.18 bits per heavy atom. The number of hydrogen-bond acceptors (Lipinski definition) is 5. The topological polar surface area (TPSA) is 70.2 Å². The third-order valence-electron chi connectivity index (χ3n) is 6.09. The molecule has 4 rings (SSSR count). The quantitative estimate of drug-likeness (QED) is 0.683. The van der Waals surface area contributed by atoms with E-state index in [4.69, 9.17) is 4.74 Å². The first-order chi connectivity index (χ1) is 15.6. The zero-order chi connectivity index (χ0) is 23.6. The van der Waals surface area contributed by atoms with Crippen LogP contribution in [0.25, 0.3) is 0 Å². The van der Waals surface area contributed by atoms with E-state index in [2.05, 4.69) is 11.0 Å². The number of benzene rings is 2. The number of sulfonamides is 1. The predicted octanol–water partition coefficient (Wildman–Crippen LogP) is 3.49. The Morgan fingerprint density at radius 2 is 1.55 bits per heavy atom. The van der Waals surface area contributed by atoms with Gasteiger partial charge in [0, 0.05) is 45.8 Å². The minimum absolute atomic E-state index is 0.267. The van der Waals surface area contributed by atoms with Gasteiger partial charge in [-0.3, -0.25) is 4.90 Å². The van der Waals surface area contributed by atoms with Gasteiger partial charge in [0.25, 0.3) is 0 Å². The van der Waals surface area contributed by atoms with Crippen molar-refractivity contribution in [2.45, 2.75) is 50.8 Å². The molecule has 2 heterocycles. The van der Waals surface area contributed by atoms with Crippen LogP contribution >= 0.6 is 0 Å². The molecule has 8 heteroatoms. The third kappa shape index (κ3) is 5.75. The molecule has 2 aromatic carbocycles. The fourth-order valence-electron chi connectivity index (χ4n) is 4.26. The van der Waals surface area contributed by atoms with Crippen molar-refractivity contribution in [3.05, 3.63) is 65.2 Å². The van der Waals surface area contributed by atoms with Gasteiger partial charge in [0.1, 0.15) is 5.60 Å². The van der Waals surface area contributed by atoms with E-state index in [9.17, 15) is 13.2 Å². The number of carbonyl (C=O) groups is 1. The molecular weight excluding hydrogens is 438 g/mol. The van der Waals surface area contributed by atoms with E-state index in [1.54, 1.807) is 21.3 Å². The molecule has 0 unspecified atom stereocenters. The summed E-state index contributed by atoms with van der Waals surface area (Å²) in [5.41, 5.74) is 2.87. The molecule has 1 fully saturated rings. The second kappa shape index (κ2) is 9.44. The van der Waals surface area contributed by atoms with Crippen molar-refractivity contribution in [3.8, 4) is 0 Å². The summed E-state index contributed by atoms with van der Waals surface area (Å²) in [6, 6.07) is 15.2. The summed E-state index contributed by atoms with van der Waals surface area (Å²) >= 11 is 0. The highest BCUT2D eigenvalue weighted by Gasteiger charge is 2.29. The molecule has 1 saturated heterocycles. The average molecular weight is 472 g/mol. The molecule has 0 aromatic heterocycles. The van der Waals surface area contributed by atoms with Gasteiger partial charge in [0.05, 0.1) is 4.90 Å². The van der Waals surface area contributed by atoms with Crippen LogP contribution in [0, 0.1) is 0 Å². The monoisotopic (exact) mass is 471 g/mol. The van der Waals surface area contributed by atoms with E-state index < -0.39 is 15.6 Å². The van der Waals surface area contributed by atoms with Crippen LogP contribution in [0.1, 0.15) is 37.5 Å². The number of piperazine rings is 1. The Morgan fingerprint density at radius 1 is 0.909 bits per heavy atom. The second-order valence-electron chi connectivity index (χ2n) is 9.74. The minimum Gasteiger partial charge on any atom is -0.444 e. The molecule has 33 heavy (non-hydrogen) atoms. The van der Waals surface area contributed by atoms with Crippen LogP contribution in [-0.2, 0) is 34.3 Å². The SMILES string of the molecule is CC(C)(C)OC(=O)N1CCN(Cc2ccc(S(=O)(=O)N3CCc4ccccc4C3)cc2)CC1. The number of carbonyl (C=O) groups excluding carboxylic acids is 1. The molecule has 2 aromatic rings. The van der Waals surface area contributed by atoms with Gasteiger partial charge in [0.15, 0.2) is 0 Å². The molecule has 2 aliphatic heterocycles. The zero-order valence-electron chi connectivity index (χ0n) is 19.7. The molecule has 0 N–H and O–H groups in total. The van der Waals surface area contributed by atoms with Gasteiger partial charge in [-0.2, -0.15) is 4.31 Å². The van der Waals surface area contributed by atoms with E-state index in [0.717, 1.165) is 37.2 Å². The maximum atomic E-state index is 13.2. The summed E-state index contributed by atoms with van der Waals surface area (Å²) in [4.78, 5) is 16.6. The molecule has 0 atom stereocenters. The van der Waals surface area contributed by atoms with E-state index in [0.29, 0.717) is 31.1 Å². The molecule has 0 bridgehead atoms. The highest BCUT2D eigenvalue weighted by Crippen LogP contribution is 2.25. The van der Waals surface area contributed by atoms with Gasteiger partial charge in [-0.1, -0.05) is 36.4 Å². The largest absolute Gasteiger partial charge is 0.444 e. The molecule has 0 spiro atoms. The summed E-state index contributed by atoms with van der Waals surface area (Å²) < 4.78 is 33.3. The molecule has 7 nitrogen and oxygen atoms in total. The van der Waals surface area contributed by atoms with E-state index in [1.807, 2.05) is 51.1 Å². The lowest BCUT2D eigenvalue weighted by molar-refractivity contribution is 0.0139. The highest BCUT2D eigenvalue weighted by molar-refractivity contribution is 7.89. The Kier molecular flexibility index (Phi) is 6.79. The van der Waals surface area contributed by atoms with Crippen molar-refractivity contribution in [1.29, 1.82) is 0 Å². The Labute approximate surface area is 197 Å². The van der Waals surface area contributed by atoms with Gasteiger partial charge in [-0.25, -0.2) is 13.2 Å². The van der Waals surface area contributed by atoms with Crippen LogP contribution in [0.15, 0.2) is 53.4 Å². The molecule has 2 aliphatic rings. The van der Waals surface area contributed by atoms with Crippen molar-refractivity contribution >= 4 is 16.1 Å². The summed E-state index contributed by atoms with van der Waals surface area (Å²) in [7, 11) is -3.52. The lowest BCUT2D eigenvalue weighted by atomic mass is 10.0. The van der Waals surface area contributed by atoms with E-state index in [1.165, 1.54) is 5.56 Å². The zero-order valence-corrected chi connectivity index (χ0v) is 20.5. The molecular formula is C25H33N3O4S. The number of hydrogen-bond donors (Lipinski definition) is 0. The van der Waals surface area contributed by atoms with E-state index in [-0.39, 0.29) is 6.09 Å². The second-order valence-corrected chi connectivity index (χ2v) is 11.7. The van der Waals surface area contributed by atoms with Crippen LogP contribution < -0.4 is 0 Å². The number of amides is 1. The van der Waals surface area contributed by atoms with Crippen LogP contribution in [0.5, 0.6) is 0 Å². The van der Waals surface area contributed by atoms with E-state index >= 15 is 0 Å². The molecule has 178 valence electrons. The smallest absolute Gasteiger partial charge is 0.410 e. The van der Waals surface area contributed by atoms with Gasteiger partial charge in [0.2, 0.25) is 10.0 Å². The van der Waals surface area contributed by atoms with Gasteiger partial charge in [-0.15, -0.1) is 0 Å². The molecule has 0 aliphatic carbocycles. The number of nitrogens with zero attached hydrogens (tertiary/aromatic N) is 3. The first-order valence-electron chi connectivity index (χ1n) is 11.5. The van der Waals surface area contributed by atoms with Gasteiger partial charge in [-0.05, 0) is 56.0 Å². The Balaban J connectivity index is 1.33. The molecule has 0 saturated carbocycles. The fraction of sp³-hybridized carbons (Fsp3) is 0.480. The van der Waals surface area contributed by atoms with Crippen molar-refractivity contribution in [3.63, 3.8) is 0 Å². The van der Waals surface area contributed by atoms with Crippen LogP contribution in [-0.4, -0.2) is 66.9 Å². The highest BCUT2D eigenvalue weighted by atomic mass is 32.2. The van der Waals surface area contributed by atoms with Crippen LogP contribution in [0.2, 0.25) is 0 Å². The first kappa shape index (κ1) is 23.7. The number of ether oxygens (including phenoxy) is 1. The maximum absolute atomic E-state index is 13.2. The average Bonchev–Trinajstić information content (AvgIpc) is 2.78. The van der Waals surface area contributed by atoms with Crippen molar-refractivity contribution in [1.82, 2.24) is 14.1 Å². The van der Waals surface area contributed by atoms with Crippen LogP contribution in [0.3, 0.4) is 0 Å². The standard InChI is InChI=1S/C25H33N3O4S/c1-25(2,3)32-24(29)27-16-14-26(15-17-27)18-20-8-10-23(11-9-20)33(30,31)28-13-12-21-6-4-5-7-22(21)19-28/h4-11H,12-19H2,1-3H3. The van der Waals surface area contributed by atoms with Crippen molar-refractivity contribution in [2.75, 3.05) is 32.7 Å². The maximum Gasteiger partial charge on any atom is 0.410 e. The Hall–Kier alpha value is -2.42. The molecule has 0 radical (unpaired) electrons. The Bertz CT molecular complexity index is 1090. The summed E-state index contributed by atoms with van der Waals surface area (Å²) in [5, 5.41) is 0. The summed E-state index contributed by atoms with van der Waals surface area (Å²) in [5.74, 6) is 0. The third-order valence-corrected chi connectivity index (χ3v) is 7.95. The van der Waals surface area contributed by atoms with Gasteiger partial charge < -0.3 is 9.64 Å². The lowest BCUT2D eigenvalue weighted by Crippen LogP contribution is -2.49. The lowest BCUT2D eigenvalue weighted by Gasteiger charge is -2.35. The number of rotatable bonds is 4. The van der Waals surface area contributed by atoms with Gasteiger partial charge >= 0.3 is 6.09 Å². The predicted molar refractivity (Wildman–Crippen MR) is 127 cm³/mol. The van der Waals surface area contributed by atoms with Crippen LogP contribution in [0.4, 0.5) is 4.79 Å². The minimum atomic E-state index is -3.52. The summed E-state index contributed by atoms with van der Waals surface area (Å²) in [6.07, 6.45) is 0.472.